The van der Waals surface area contributed by atoms with E-state index in [4.69, 9.17) is 4.74 Å². The van der Waals surface area contributed by atoms with Gasteiger partial charge in [0.2, 0.25) is 5.91 Å². The molecule has 5 nitrogen and oxygen atoms in total. The first-order chi connectivity index (χ1) is 12.6. The number of para-hydroxylation sites is 1. The predicted molar refractivity (Wildman–Crippen MR) is 104 cm³/mol. The van der Waals surface area contributed by atoms with Gasteiger partial charge in [-0.2, -0.15) is 0 Å². The molecule has 0 aliphatic carbocycles. The van der Waals surface area contributed by atoms with Gasteiger partial charge < -0.3 is 9.64 Å². The highest BCUT2D eigenvalue weighted by atomic mass is 16.5. The monoisotopic (exact) mass is 357 g/mol. The Balaban J connectivity index is 1.36. The summed E-state index contributed by atoms with van der Waals surface area (Å²) in [5, 5.41) is 0. The maximum Gasteiger partial charge on any atom is 0.241 e. The van der Waals surface area contributed by atoms with Crippen LogP contribution in [0.1, 0.15) is 32.3 Å². The lowest BCUT2D eigenvalue weighted by Crippen LogP contribution is -2.51. The summed E-state index contributed by atoms with van der Waals surface area (Å²) in [4.78, 5) is 19.9. The van der Waals surface area contributed by atoms with E-state index in [1.165, 1.54) is 18.4 Å². The SMILES string of the molecule is C[C@@H]1CN(C[C@H]2CCCN2CC(=O)N2CCc3ccccc32)C[C@@H](C)O1. The Hall–Kier alpha value is -1.43. The van der Waals surface area contributed by atoms with E-state index >= 15 is 0 Å². The van der Waals surface area contributed by atoms with Gasteiger partial charge >= 0.3 is 0 Å². The molecule has 0 N–H and O–H groups in total. The van der Waals surface area contributed by atoms with Gasteiger partial charge in [0.1, 0.15) is 0 Å². The zero-order valence-electron chi connectivity index (χ0n) is 16.1. The highest BCUT2D eigenvalue weighted by molar-refractivity contribution is 5.96. The fourth-order valence-corrected chi connectivity index (χ4v) is 4.90. The van der Waals surface area contributed by atoms with E-state index < -0.39 is 0 Å². The van der Waals surface area contributed by atoms with Crippen LogP contribution < -0.4 is 4.90 Å². The number of anilines is 1. The highest BCUT2D eigenvalue weighted by Crippen LogP contribution is 2.28. The zero-order chi connectivity index (χ0) is 18.1. The molecule has 1 amide bonds. The third kappa shape index (κ3) is 3.80. The number of likely N-dealkylation sites (tertiary alicyclic amines) is 1. The second-order valence-electron chi connectivity index (χ2n) is 8.17. The van der Waals surface area contributed by atoms with Crippen LogP contribution in [-0.4, -0.2) is 73.2 Å². The molecule has 0 aromatic heterocycles. The average Bonchev–Trinajstić information content (AvgIpc) is 3.21. The lowest BCUT2D eigenvalue weighted by atomic mass is 10.1. The molecule has 0 unspecified atom stereocenters. The number of amides is 1. The third-order valence-electron chi connectivity index (χ3n) is 5.99. The number of carbonyl (C=O) groups excluding carboxylic acids is 1. The second-order valence-corrected chi connectivity index (χ2v) is 8.17. The van der Waals surface area contributed by atoms with Gasteiger partial charge in [0.15, 0.2) is 0 Å². The molecule has 2 fully saturated rings. The average molecular weight is 357 g/mol. The number of nitrogens with zero attached hydrogens (tertiary/aromatic N) is 3. The summed E-state index contributed by atoms with van der Waals surface area (Å²) in [6.45, 7) is 9.80. The van der Waals surface area contributed by atoms with Crippen molar-refractivity contribution in [3.05, 3.63) is 29.8 Å². The van der Waals surface area contributed by atoms with Gasteiger partial charge in [-0.15, -0.1) is 0 Å². The Kier molecular flexibility index (Phi) is 5.30. The topological polar surface area (TPSA) is 36.0 Å². The smallest absolute Gasteiger partial charge is 0.241 e. The zero-order valence-corrected chi connectivity index (χ0v) is 16.1. The maximum absolute atomic E-state index is 13.0. The Morgan fingerprint density at radius 2 is 1.92 bits per heavy atom. The molecular formula is C21H31N3O2. The number of benzene rings is 1. The molecule has 3 atom stereocenters. The molecule has 142 valence electrons. The quantitative estimate of drug-likeness (QED) is 0.827. The molecular weight excluding hydrogens is 326 g/mol. The van der Waals surface area contributed by atoms with Crippen LogP contribution in [0.4, 0.5) is 5.69 Å². The van der Waals surface area contributed by atoms with Crippen LogP contribution in [0, 0.1) is 0 Å². The molecule has 4 rings (SSSR count). The highest BCUT2D eigenvalue weighted by Gasteiger charge is 2.33. The molecule has 3 heterocycles. The summed E-state index contributed by atoms with van der Waals surface area (Å²) in [5.74, 6) is 0.255. The summed E-state index contributed by atoms with van der Waals surface area (Å²) in [5.41, 5.74) is 2.42. The molecule has 1 aromatic carbocycles. The predicted octanol–water partition coefficient (Wildman–Crippen LogP) is 2.15. The summed E-state index contributed by atoms with van der Waals surface area (Å²) in [6, 6.07) is 8.81. The van der Waals surface area contributed by atoms with Crippen molar-refractivity contribution in [2.24, 2.45) is 0 Å². The molecule has 0 bridgehead atoms. The van der Waals surface area contributed by atoms with Gasteiger partial charge in [0, 0.05) is 37.9 Å². The van der Waals surface area contributed by atoms with Crippen LogP contribution in [-0.2, 0) is 16.0 Å². The van der Waals surface area contributed by atoms with Gasteiger partial charge in [0.25, 0.3) is 0 Å². The van der Waals surface area contributed by atoms with E-state index in [-0.39, 0.29) is 5.91 Å². The van der Waals surface area contributed by atoms with Crippen LogP contribution >= 0.6 is 0 Å². The minimum atomic E-state index is 0.255. The molecule has 0 spiro atoms. The Morgan fingerprint density at radius 3 is 2.73 bits per heavy atom. The van der Waals surface area contributed by atoms with E-state index in [1.807, 2.05) is 11.0 Å². The van der Waals surface area contributed by atoms with Gasteiger partial charge in [-0.3, -0.25) is 14.6 Å². The summed E-state index contributed by atoms with van der Waals surface area (Å²) in [7, 11) is 0. The van der Waals surface area contributed by atoms with E-state index in [0.717, 1.165) is 44.8 Å². The lowest BCUT2D eigenvalue weighted by molar-refractivity contribution is -0.120. The normalized spacial score (nSPS) is 29.9. The number of morpholine rings is 1. The van der Waals surface area contributed by atoms with Crippen molar-refractivity contribution in [2.45, 2.75) is 51.4 Å². The van der Waals surface area contributed by atoms with Gasteiger partial charge in [0.05, 0.1) is 18.8 Å². The van der Waals surface area contributed by atoms with Crippen molar-refractivity contribution in [1.82, 2.24) is 9.80 Å². The van der Waals surface area contributed by atoms with Crippen LogP contribution in [0.2, 0.25) is 0 Å². The molecule has 3 aliphatic rings. The first kappa shape index (κ1) is 18.0. The fourth-order valence-electron chi connectivity index (χ4n) is 4.90. The molecule has 26 heavy (non-hydrogen) atoms. The molecule has 0 radical (unpaired) electrons. The minimum absolute atomic E-state index is 0.255. The Bertz CT molecular complexity index is 640. The number of hydrogen-bond acceptors (Lipinski definition) is 4. The van der Waals surface area contributed by atoms with E-state index in [1.54, 1.807) is 0 Å². The molecule has 5 heteroatoms. The second kappa shape index (κ2) is 7.67. The molecule has 1 aromatic rings. The van der Waals surface area contributed by atoms with E-state index in [9.17, 15) is 4.79 Å². The first-order valence-corrected chi connectivity index (χ1v) is 10.1. The maximum atomic E-state index is 13.0. The van der Waals surface area contributed by atoms with Gasteiger partial charge in [-0.25, -0.2) is 0 Å². The summed E-state index contributed by atoms with van der Waals surface area (Å²) >= 11 is 0. The third-order valence-corrected chi connectivity index (χ3v) is 5.99. The summed E-state index contributed by atoms with van der Waals surface area (Å²) < 4.78 is 5.86. The molecule has 0 saturated carbocycles. The number of ether oxygens (including phenoxy) is 1. The van der Waals surface area contributed by atoms with Crippen LogP contribution in [0.3, 0.4) is 0 Å². The van der Waals surface area contributed by atoms with Crippen molar-refractivity contribution < 1.29 is 9.53 Å². The number of fused-ring (bicyclic) bond motifs is 1. The van der Waals surface area contributed by atoms with Crippen LogP contribution in [0.15, 0.2) is 24.3 Å². The van der Waals surface area contributed by atoms with Crippen molar-refractivity contribution >= 4 is 11.6 Å². The van der Waals surface area contributed by atoms with Gasteiger partial charge in [-0.05, 0) is 51.3 Å². The van der Waals surface area contributed by atoms with Crippen molar-refractivity contribution in [2.75, 3.05) is 44.2 Å². The van der Waals surface area contributed by atoms with E-state index in [0.29, 0.717) is 24.8 Å². The van der Waals surface area contributed by atoms with Crippen LogP contribution in [0.25, 0.3) is 0 Å². The van der Waals surface area contributed by atoms with Crippen molar-refractivity contribution in [3.8, 4) is 0 Å². The van der Waals surface area contributed by atoms with Gasteiger partial charge in [-0.1, -0.05) is 18.2 Å². The number of hydrogen-bond donors (Lipinski definition) is 0. The van der Waals surface area contributed by atoms with Crippen molar-refractivity contribution in [1.29, 1.82) is 0 Å². The minimum Gasteiger partial charge on any atom is -0.373 e. The molecule has 3 aliphatic heterocycles. The Labute approximate surface area is 156 Å². The summed E-state index contributed by atoms with van der Waals surface area (Å²) in [6.07, 6.45) is 3.98. The molecule has 2 saturated heterocycles. The lowest BCUT2D eigenvalue weighted by Gasteiger charge is -2.38. The number of rotatable bonds is 4. The largest absolute Gasteiger partial charge is 0.373 e. The standard InChI is InChI=1S/C21H31N3O2/c1-16-12-22(13-17(2)26-16)14-19-7-5-10-23(19)15-21(25)24-11-9-18-6-3-4-8-20(18)24/h3-4,6,8,16-17,19H,5,7,9-15H2,1-2H3/t16-,17-,19-/m1/s1. The van der Waals surface area contributed by atoms with Crippen LogP contribution in [0.5, 0.6) is 0 Å². The first-order valence-electron chi connectivity index (χ1n) is 10.1. The van der Waals surface area contributed by atoms with Crippen molar-refractivity contribution in [3.63, 3.8) is 0 Å². The fraction of sp³-hybridized carbons (Fsp3) is 0.667. The Morgan fingerprint density at radius 1 is 1.15 bits per heavy atom. The number of carbonyl (C=O) groups is 1. The van der Waals surface area contributed by atoms with E-state index in [2.05, 4.69) is 41.8 Å².